The first-order valence-electron chi connectivity index (χ1n) is 13.4. The van der Waals surface area contributed by atoms with E-state index in [1.165, 1.54) is 0 Å². The van der Waals surface area contributed by atoms with E-state index in [4.69, 9.17) is 9.47 Å². The Bertz CT molecular complexity index is 1100. The van der Waals surface area contributed by atoms with Gasteiger partial charge in [-0.2, -0.15) is 0 Å². The Hall–Kier alpha value is -2.70. The van der Waals surface area contributed by atoms with Crippen molar-refractivity contribution in [2.75, 3.05) is 0 Å². The molecule has 0 aromatic heterocycles. The zero-order valence-corrected chi connectivity index (χ0v) is 23.3. The van der Waals surface area contributed by atoms with Crippen LogP contribution in [0.2, 0.25) is 0 Å². The maximum Gasteiger partial charge on any atom is 0.338 e. The van der Waals surface area contributed by atoms with E-state index in [1.807, 2.05) is 24.3 Å². The Morgan fingerprint density at radius 3 is 1.51 bits per heavy atom. The van der Waals surface area contributed by atoms with Gasteiger partial charge >= 0.3 is 11.9 Å². The van der Waals surface area contributed by atoms with E-state index in [-0.39, 0.29) is 40.8 Å². The minimum absolute atomic E-state index is 0.0498. The van der Waals surface area contributed by atoms with Crippen LogP contribution in [-0.4, -0.2) is 46.8 Å². The third-order valence-electron chi connectivity index (χ3n) is 7.27. The van der Waals surface area contributed by atoms with Gasteiger partial charge in [0.15, 0.2) is 0 Å². The van der Waals surface area contributed by atoms with Crippen LogP contribution in [0, 0.1) is 0 Å². The topological polar surface area (TPSA) is 76.7 Å². The number of carbonyl (C=O) groups is 2. The molecule has 2 aliphatic heterocycles. The van der Waals surface area contributed by atoms with Crippen molar-refractivity contribution >= 4 is 11.9 Å². The summed E-state index contributed by atoms with van der Waals surface area (Å²) in [5.41, 5.74) is 2.80. The van der Waals surface area contributed by atoms with E-state index in [1.54, 1.807) is 24.3 Å². The molecule has 37 heavy (non-hydrogen) atoms. The molecule has 2 aromatic carbocycles. The third-order valence-corrected chi connectivity index (χ3v) is 7.27. The number of benzene rings is 2. The lowest BCUT2D eigenvalue weighted by Crippen LogP contribution is -2.59. The van der Waals surface area contributed by atoms with Crippen molar-refractivity contribution in [1.82, 2.24) is 10.6 Å². The standard InChI is InChI=1S/C31H42N2O4/c1-20-16-25(17-29(2,3)32-20)36-27(34)23-12-8-21(9-13-23)22-10-14-24(15-11-22)28(35)37-26-18-30(4,5)33-31(6,7)19-26/h8-15,20,25-26,32-33H,16-19H2,1-7H3. The molecule has 2 aromatic rings. The Balaban J connectivity index is 1.36. The average Bonchev–Trinajstić information content (AvgIpc) is 2.75. The van der Waals surface area contributed by atoms with Crippen LogP contribution in [0.15, 0.2) is 48.5 Å². The van der Waals surface area contributed by atoms with Crippen molar-refractivity contribution in [1.29, 1.82) is 0 Å². The Morgan fingerprint density at radius 1 is 0.676 bits per heavy atom. The van der Waals surface area contributed by atoms with Crippen molar-refractivity contribution < 1.29 is 19.1 Å². The molecule has 2 atom stereocenters. The van der Waals surface area contributed by atoms with Gasteiger partial charge in [-0.25, -0.2) is 9.59 Å². The second kappa shape index (κ2) is 10.2. The van der Waals surface area contributed by atoms with Crippen LogP contribution < -0.4 is 10.6 Å². The highest BCUT2D eigenvalue weighted by Crippen LogP contribution is 2.31. The monoisotopic (exact) mass is 506 g/mol. The second-order valence-corrected chi connectivity index (χ2v) is 12.9. The Labute approximate surface area is 221 Å². The number of rotatable bonds is 5. The molecule has 2 aliphatic rings. The molecule has 0 saturated carbocycles. The molecule has 2 heterocycles. The van der Waals surface area contributed by atoms with E-state index < -0.39 is 0 Å². The summed E-state index contributed by atoms with van der Waals surface area (Å²) in [5.74, 6) is -0.581. The number of hydrogen-bond acceptors (Lipinski definition) is 6. The van der Waals surface area contributed by atoms with E-state index in [2.05, 4.69) is 59.1 Å². The number of hydrogen-bond donors (Lipinski definition) is 2. The SMILES string of the molecule is CC1CC(OC(=O)c2ccc(-c3ccc(C(=O)OC4CC(C)(C)NC(C)(C)C4)cc3)cc2)CC(C)(C)N1. The summed E-state index contributed by atoms with van der Waals surface area (Å²) in [4.78, 5) is 25.6. The lowest BCUT2D eigenvalue weighted by molar-refractivity contribution is -0.00650. The summed E-state index contributed by atoms with van der Waals surface area (Å²) in [7, 11) is 0. The molecular formula is C31H42N2O4. The molecular weight excluding hydrogens is 464 g/mol. The molecule has 6 heteroatoms. The minimum atomic E-state index is -0.293. The summed E-state index contributed by atoms with van der Waals surface area (Å²) in [6, 6.07) is 15.2. The molecule has 200 valence electrons. The van der Waals surface area contributed by atoms with Crippen molar-refractivity contribution in [3.63, 3.8) is 0 Å². The average molecular weight is 507 g/mol. The van der Waals surface area contributed by atoms with Gasteiger partial charge in [-0.15, -0.1) is 0 Å². The number of esters is 2. The zero-order chi connectivity index (χ0) is 27.0. The zero-order valence-electron chi connectivity index (χ0n) is 23.3. The van der Waals surface area contributed by atoms with Gasteiger partial charge < -0.3 is 20.1 Å². The predicted octanol–water partition coefficient (Wildman–Crippen LogP) is 5.90. The first-order chi connectivity index (χ1) is 17.2. The van der Waals surface area contributed by atoms with E-state index >= 15 is 0 Å². The fourth-order valence-corrected chi connectivity index (χ4v) is 6.27. The van der Waals surface area contributed by atoms with Gasteiger partial charge in [0.05, 0.1) is 11.1 Å². The molecule has 6 nitrogen and oxygen atoms in total. The van der Waals surface area contributed by atoms with Crippen LogP contribution in [0.5, 0.6) is 0 Å². The van der Waals surface area contributed by atoms with E-state index in [9.17, 15) is 9.59 Å². The third kappa shape index (κ3) is 7.20. The first kappa shape index (κ1) is 27.3. The molecule has 0 amide bonds. The quantitative estimate of drug-likeness (QED) is 0.492. The normalized spacial score (nSPS) is 24.7. The lowest BCUT2D eigenvalue weighted by Gasteiger charge is -2.45. The van der Waals surface area contributed by atoms with Crippen molar-refractivity contribution in [2.24, 2.45) is 0 Å². The lowest BCUT2D eigenvalue weighted by atomic mass is 9.81. The van der Waals surface area contributed by atoms with E-state index in [0.717, 1.165) is 36.8 Å². The van der Waals surface area contributed by atoms with E-state index in [0.29, 0.717) is 17.2 Å². The van der Waals surface area contributed by atoms with Gasteiger partial charge in [0.2, 0.25) is 0 Å². The summed E-state index contributed by atoms with van der Waals surface area (Å²) in [6.07, 6.45) is 2.96. The number of carbonyl (C=O) groups excluding carboxylic acids is 2. The second-order valence-electron chi connectivity index (χ2n) is 12.9. The van der Waals surface area contributed by atoms with Crippen LogP contribution >= 0.6 is 0 Å². The number of piperidine rings is 2. The maximum absolute atomic E-state index is 12.8. The molecule has 2 saturated heterocycles. The van der Waals surface area contributed by atoms with Crippen molar-refractivity contribution in [2.45, 2.75) is 109 Å². The van der Waals surface area contributed by atoms with Crippen LogP contribution in [-0.2, 0) is 9.47 Å². The summed E-state index contributed by atoms with van der Waals surface area (Å²) >= 11 is 0. The predicted molar refractivity (Wildman–Crippen MR) is 147 cm³/mol. The summed E-state index contributed by atoms with van der Waals surface area (Å²) in [6.45, 7) is 15.0. The highest BCUT2D eigenvalue weighted by molar-refractivity contribution is 5.91. The van der Waals surface area contributed by atoms with Gasteiger partial charge in [0, 0.05) is 41.9 Å². The van der Waals surface area contributed by atoms with Gasteiger partial charge in [0.25, 0.3) is 0 Å². The Kier molecular flexibility index (Phi) is 7.55. The minimum Gasteiger partial charge on any atom is -0.459 e. The summed E-state index contributed by atoms with van der Waals surface area (Å²) < 4.78 is 11.7. The van der Waals surface area contributed by atoms with Crippen LogP contribution in [0.25, 0.3) is 11.1 Å². The maximum atomic E-state index is 12.8. The molecule has 2 fully saturated rings. The largest absolute Gasteiger partial charge is 0.459 e. The number of nitrogens with one attached hydrogen (secondary N) is 2. The Morgan fingerprint density at radius 2 is 1.08 bits per heavy atom. The molecule has 0 radical (unpaired) electrons. The number of ether oxygens (including phenoxy) is 2. The smallest absolute Gasteiger partial charge is 0.338 e. The van der Waals surface area contributed by atoms with Gasteiger partial charge in [0.1, 0.15) is 12.2 Å². The van der Waals surface area contributed by atoms with Crippen LogP contribution in [0.1, 0.15) is 94.9 Å². The molecule has 2 unspecified atom stereocenters. The van der Waals surface area contributed by atoms with Crippen LogP contribution in [0.3, 0.4) is 0 Å². The van der Waals surface area contributed by atoms with Crippen LogP contribution in [0.4, 0.5) is 0 Å². The van der Waals surface area contributed by atoms with Gasteiger partial charge in [-0.1, -0.05) is 24.3 Å². The fraction of sp³-hybridized carbons (Fsp3) is 0.548. The van der Waals surface area contributed by atoms with Crippen molar-refractivity contribution in [3.8, 4) is 11.1 Å². The molecule has 2 N–H and O–H groups in total. The van der Waals surface area contributed by atoms with Gasteiger partial charge in [-0.3, -0.25) is 0 Å². The highest BCUT2D eigenvalue weighted by atomic mass is 16.5. The summed E-state index contributed by atoms with van der Waals surface area (Å²) in [5, 5.41) is 7.15. The molecule has 0 aliphatic carbocycles. The molecule has 0 spiro atoms. The first-order valence-corrected chi connectivity index (χ1v) is 13.4. The highest BCUT2D eigenvalue weighted by Gasteiger charge is 2.39. The fourth-order valence-electron chi connectivity index (χ4n) is 6.27. The molecule has 4 rings (SSSR count). The molecule has 0 bridgehead atoms. The van der Waals surface area contributed by atoms with Crippen molar-refractivity contribution in [3.05, 3.63) is 59.7 Å². The van der Waals surface area contributed by atoms with Gasteiger partial charge in [-0.05, 0) is 90.3 Å².